The molecule has 0 spiro atoms. The van der Waals surface area contributed by atoms with Gasteiger partial charge >= 0.3 is 0 Å². The van der Waals surface area contributed by atoms with Gasteiger partial charge in [-0.3, -0.25) is 0 Å². The van der Waals surface area contributed by atoms with Gasteiger partial charge in [-0.05, 0) is 31.7 Å². The van der Waals surface area contributed by atoms with Crippen molar-refractivity contribution in [1.29, 1.82) is 0 Å². The topological polar surface area (TPSA) is 12.0 Å². The summed E-state index contributed by atoms with van der Waals surface area (Å²) in [6, 6.07) is 0. The molecule has 1 saturated carbocycles. The van der Waals surface area contributed by atoms with E-state index in [2.05, 4.69) is 12.2 Å². The van der Waals surface area contributed by atoms with E-state index in [0.717, 1.165) is 19.0 Å². The summed E-state index contributed by atoms with van der Waals surface area (Å²) in [5, 5.41) is 3.88. The lowest BCUT2D eigenvalue weighted by molar-refractivity contribution is 0.546. The fraction of sp³-hybridized carbons (Fsp3) is 1.00. The molecular weight excluding hydrogens is 230 g/mol. The zero-order chi connectivity index (χ0) is 12.3. The first-order valence-corrected chi connectivity index (χ1v) is 8.13. The summed E-state index contributed by atoms with van der Waals surface area (Å²) in [7, 11) is 0. The summed E-state index contributed by atoms with van der Waals surface area (Å²) in [5.41, 5.74) is 0. The zero-order valence-corrected chi connectivity index (χ0v) is 12.3. The van der Waals surface area contributed by atoms with Crippen molar-refractivity contribution in [2.75, 3.05) is 13.1 Å². The Morgan fingerprint density at radius 3 is 2.18 bits per heavy atom. The van der Waals surface area contributed by atoms with Crippen molar-refractivity contribution in [3.05, 3.63) is 0 Å². The van der Waals surface area contributed by atoms with E-state index >= 15 is 0 Å². The molecule has 0 amide bonds. The van der Waals surface area contributed by atoms with Gasteiger partial charge in [0.2, 0.25) is 0 Å². The lowest BCUT2D eigenvalue weighted by atomic mass is 10.1. The van der Waals surface area contributed by atoms with Gasteiger partial charge in [0.05, 0.1) is 0 Å². The van der Waals surface area contributed by atoms with E-state index in [4.69, 9.17) is 11.6 Å². The first kappa shape index (κ1) is 15.3. The Bertz CT molecular complexity index is 168. The monoisotopic (exact) mass is 259 g/mol. The zero-order valence-electron chi connectivity index (χ0n) is 11.5. The number of hydrogen-bond donors (Lipinski definition) is 1. The molecule has 0 saturated heterocycles. The molecule has 0 aromatic carbocycles. The van der Waals surface area contributed by atoms with Crippen LogP contribution in [0.4, 0.5) is 0 Å². The van der Waals surface area contributed by atoms with Crippen LogP contribution in [0, 0.1) is 5.92 Å². The van der Waals surface area contributed by atoms with E-state index < -0.39 is 0 Å². The predicted molar refractivity (Wildman–Crippen MR) is 77.8 cm³/mol. The van der Waals surface area contributed by atoms with Gasteiger partial charge in [0.15, 0.2) is 0 Å². The maximum atomic E-state index is 6.23. The number of rotatable bonds is 12. The molecule has 2 heteroatoms. The molecule has 0 aromatic rings. The molecule has 1 aliphatic carbocycles. The molecule has 0 bridgehead atoms. The third-order valence-electron chi connectivity index (χ3n) is 3.68. The minimum Gasteiger partial charge on any atom is -0.315 e. The van der Waals surface area contributed by atoms with Gasteiger partial charge in [-0.2, -0.15) is 0 Å². The molecule has 1 atom stereocenters. The molecular formula is C15H30ClN. The highest BCUT2D eigenvalue weighted by Gasteiger charge is 2.28. The smallest absolute Gasteiger partial charge is 0.0488 e. The highest BCUT2D eigenvalue weighted by atomic mass is 35.5. The van der Waals surface area contributed by atoms with Crippen LogP contribution in [0.2, 0.25) is 0 Å². The van der Waals surface area contributed by atoms with E-state index in [1.54, 1.807) is 0 Å². The fourth-order valence-electron chi connectivity index (χ4n) is 2.25. The summed E-state index contributed by atoms with van der Waals surface area (Å²) >= 11 is 6.23. The maximum Gasteiger partial charge on any atom is 0.0488 e. The lowest BCUT2D eigenvalue weighted by Gasteiger charge is -2.09. The lowest BCUT2D eigenvalue weighted by Crippen LogP contribution is -2.25. The molecule has 1 N–H and O–H groups in total. The van der Waals surface area contributed by atoms with Crippen molar-refractivity contribution in [2.45, 2.75) is 76.5 Å². The molecule has 1 unspecified atom stereocenters. The quantitative estimate of drug-likeness (QED) is 0.395. The van der Waals surface area contributed by atoms with Gasteiger partial charge in [0.1, 0.15) is 0 Å². The van der Waals surface area contributed by atoms with Crippen LogP contribution < -0.4 is 5.32 Å². The minimum absolute atomic E-state index is 0.393. The molecule has 1 rings (SSSR count). The molecule has 0 aliphatic heterocycles. The highest BCUT2D eigenvalue weighted by molar-refractivity contribution is 6.21. The van der Waals surface area contributed by atoms with Crippen molar-refractivity contribution in [1.82, 2.24) is 5.32 Å². The molecule has 0 radical (unpaired) electrons. The Morgan fingerprint density at radius 2 is 1.59 bits per heavy atom. The third-order valence-corrected chi connectivity index (χ3v) is 4.19. The Morgan fingerprint density at radius 1 is 1.00 bits per heavy atom. The van der Waals surface area contributed by atoms with Crippen LogP contribution in [0.15, 0.2) is 0 Å². The van der Waals surface area contributed by atoms with E-state index in [0.29, 0.717) is 5.38 Å². The summed E-state index contributed by atoms with van der Waals surface area (Å²) in [6.45, 7) is 4.45. The summed E-state index contributed by atoms with van der Waals surface area (Å²) in [4.78, 5) is 0. The van der Waals surface area contributed by atoms with Crippen LogP contribution >= 0.6 is 11.6 Å². The Balaban J connectivity index is 1.69. The second kappa shape index (κ2) is 10.2. The van der Waals surface area contributed by atoms with E-state index in [-0.39, 0.29) is 0 Å². The van der Waals surface area contributed by atoms with Crippen LogP contribution in [-0.4, -0.2) is 18.5 Å². The number of halogens is 1. The van der Waals surface area contributed by atoms with Crippen LogP contribution in [0.1, 0.15) is 71.1 Å². The molecule has 0 heterocycles. The molecule has 0 aromatic heterocycles. The average molecular weight is 260 g/mol. The Labute approximate surface area is 113 Å². The van der Waals surface area contributed by atoms with Crippen molar-refractivity contribution in [3.8, 4) is 0 Å². The average Bonchev–Trinajstić information content (AvgIpc) is 3.15. The van der Waals surface area contributed by atoms with Gasteiger partial charge in [0.25, 0.3) is 0 Å². The van der Waals surface area contributed by atoms with Crippen molar-refractivity contribution in [2.24, 2.45) is 5.92 Å². The first-order chi connectivity index (χ1) is 8.34. The summed E-state index contributed by atoms with van der Waals surface area (Å²) in [6.07, 6.45) is 13.9. The van der Waals surface area contributed by atoms with Gasteiger partial charge in [0, 0.05) is 11.9 Å². The number of alkyl halides is 1. The second-order valence-electron chi connectivity index (χ2n) is 5.53. The molecule has 1 aliphatic rings. The SMILES string of the molecule is CCCCCCCCCCNCC(Cl)C1CC1. The normalized spacial score (nSPS) is 17.3. The number of unbranched alkanes of at least 4 members (excludes halogenated alkanes) is 7. The van der Waals surface area contributed by atoms with E-state index in [1.807, 2.05) is 0 Å². The van der Waals surface area contributed by atoms with Crippen LogP contribution in [0.3, 0.4) is 0 Å². The van der Waals surface area contributed by atoms with Crippen LogP contribution in [-0.2, 0) is 0 Å². The highest BCUT2D eigenvalue weighted by Crippen LogP contribution is 2.35. The van der Waals surface area contributed by atoms with Crippen molar-refractivity contribution in [3.63, 3.8) is 0 Å². The molecule has 1 fully saturated rings. The fourth-order valence-corrected chi connectivity index (χ4v) is 2.61. The van der Waals surface area contributed by atoms with Gasteiger partial charge in [-0.15, -0.1) is 11.6 Å². The summed E-state index contributed by atoms with van der Waals surface area (Å²) in [5.74, 6) is 0.822. The van der Waals surface area contributed by atoms with Gasteiger partial charge in [-0.25, -0.2) is 0 Å². The Kier molecular flexibility index (Phi) is 9.18. The number of nitrogens with one attached hydrogen (secondary N) is 1. The largest absolute Gasteiger partial charge is 0.315 e. The van der Waals surface area contributed by atoms with Crippen molar-refractivity contribution < 1.29 is 0 Å². The summed E-state index contributed by atoms with van der Waals surface area (Å²) < 4.78 is 0. The molecule has 17 heavy (non-hydrogen) atoms. The maximum absolute atomic E-state index is 6.23. The van der Waals surface area contributed by atoms with Gasteiger partial charge < -0.3 is 5.32 Å². The third kappa shape index (κ3) is 8.90. The van der Waals surface area contributed by atoms with E-state index in [1.165, 1.54) is 64.2 Å². The number of hydrogen-bond acceptors (Lipinski definition) is 1. The minimum atomic E-state index is 0.393. The van der Waals surface area contributed by atoms with Gasteiger partial charge in [-0.1, -0.05) is 51.9 Å². The van der Waals surface area contributed by atoms with Crippen LogP contribution in [0.5, 0.6) is 0 Å². The molecule has 1 nitrogen and oxygen atoms in total. The second-order valence-corrected chi connectivity index (χ2v) is 6.09. The van der Waals surface area contributed by atoms with Crippen LogP contribution in [0.25, 0.3) is 0 Å². The van der Waals surface area contributed by atoms with E-state index in [9.17, 15) is 0 Å². The molecule has 102 valence electrons. The Hall–Kier alpha value is 0.250. The van der Waals surface area contributed by atoms with Crippen molar-refractivity contribution >= 4 is 11.6 Å². The standard InChI is InChI=1S/C15H30ClN/c1-2-3-4-5-6-7-8-9-12-17-13-15(16)14-10-11-14/h14-15,17H,2-13H2,1H3. The predicted octanol–water partition coefficient (Wildman–Crippen LogP) is 4.73. The first-order valence-electron chi connectivity index (χ1n) is 7.69.